The Kier molecular flexibility index (Phi) is 2.17. The standard InChI is InChI=1S/C14H9N5O/c20-14-8-15-10-6-5-9(7-12(10)16-14)19-13-4-2-1-3-11(13)17-18-19/h1-8H,(H,16,20). The summed E-state index contributed by atoms with van der Waals surface area (Å²) in [5.41, 5.74) is 3.76. The maximum absolute atomic E-state index is 11.3. The van der Waals surface area contributed by atoms with Crippen molar-refractivity contribution in [2.24, 2.45) is 0 Å². The van der Waals surface area contributed by atoms with Crippen LogP contribution in [-0.2, 0) is 0 Å². The molecule has 2 heterocycles. The number of aromatic nitrogens is 5. The molecule has 0 aliphatic rings. The zero-order valence-electron chi connectivity index (χ0n) is 10.3. The lowest BCUT2D eigenvalue weighted by Crippen LogP contribution is -2.05. The number of H-pyrrole nitrogens is 1. The Morgan fingerprint density at radius 2 is 1.95 bits per heavy atom. The molecule has 2 aromatic heterocycles. The molecule has 6 heteroatoms. The lowest BCUT2D eigenvalue weighted by atomic mass is 10.2. The van der Waals surface area contributed by atoms with Crippen molar-refractivity contribution < 1.29 is 0 Å². The molecule has 0 unspecified atom stereocenters. The number of hydrogen-bond donors (Lipinski definition) is 1. The Balaban J connectivity index is 2.00. The Morgan fingerprint density at radius 1 is 1.05 bits per heavy atom. The quantitative estimate of drug-likeness (QED) is 0.566. The topological polar surface area (TPSA) is 76.5 Å². The number of para-hydroxylation sites is 1. The van der Waals surface area contributed by atoms with Gasteiger partial charge in [-0.1, -0.05) is 17.3 Å². The molecule has 0 radical (unpaired) electrons. The van der Waals surface area contributed by atoms with Crippen LogP contribution in [0.4, 0.5) is 0 Å². The van der Waals surface area contributed by atoms with Gasteiger partial charge in [-0.2, -0.15) is 0 Å². The zero-order valence-corrected chi connectivity index (χ0v) is 10.3. The van der Waals surface area contributed by atoms with E-state index in [9.17, 15) is 4.79 Å². The van der Waals surface area contributed by atoms with Gasteiger partial charge in [0.2, 0.25) is 0 Å². The molecule has 96 valence electrons. The van der Waals surface area contributed by atoms with Crippen LogP contribution in [0.5, 0.6) is 0 Å². The predicted molar refractivity (Wildman–Crippen MR) is 74.8 cm³/mol. The summed E-state index contributed by atoms with van der Waals surface area (Å²) in [5.74, 6) is 0. The van der Waals surface area contributed by atoms with E-state index >= 15 is 0 Å². The summed E-state index contributed by atoms with van der Waals surface area (Å²) in [7, 11) is 0. The van der Waals surface area contributed by atoms with Crippen molar-refractivity contribution in [1.29, 1.82) is 0 Å². The zero-order chi connectivity index (χ0) is 13.5. The van der Waals surface area contributed by atoms with E-state index in [1.165, 1.54) is 6.20 Å². The number of rotatable bonds is 1. The van der Waals surface area contributed by atoms with Crippen molar-refractivity contribution in [3.8, 4) is 5.69 Å². The molecule has 4 aromatic rings. The third-order valence-corrected chi connectivity index (χ3v) is 3.16. The fraction of sp³-hybridized carbons (Fsp3) is 0. The van der Waals surface area contributed by atoms with Crippen LogP contribution in [0.25, 0.3) is 27.8 Å². The van der Waals surface area contributed by atoms with E-state index in [0.717, 1.165) is 22.2 Å². The average Bonchev–Trinajstić information content (AvgIpc) is 2.90. The van der Waals surface area contributed by atoms with Crippen LogP contribution in [0.1, 0.15) is 0 Å². The number of aromatic amines is 1. The molecule has 0 amide bonds. The highest BCUT2D eigenvalue weighted by molar-refractivity contribution is 5.79. The second kappa shape index (κ2) is 3.99. The second-order valence-corrected chi connectivity index (χ2v) is 4.44. The number of nitrogens with one attached hydrogen (secondary N) is 1. The number of nitrogens with zero attached hydrogens (tertiary/aromatic N) is 4. The summed E-state index contributed by atoms with van der Waals surface area (Å²) in [4.78, 5) is 18.2. The van der Waals surface area contributed by atoms with Crippen LogP contribution in [0.2, 0.25) is 0 Å². The molecule has 0 spiro atoms. The van der Waals surface area contributed by atoms with Gasteiger partial charge in [0, 0.05) is 0 Å². The molecule has 1 N–H and O–H groups in total. The normalized spacial score (nSPS) is 11.2. The maximum Gasteiger partial charge on any atom is 0.266 e. The van der Waals surface area contributed by atoms with Gasteiger partial charge in [0.05, 0.1) is 28.4 Å². The van der Waals surface area contributed by atoms with Gasteiger partial charge in [-0.3, -0.25) is 4.79 Å². The summed E-state index contributed by atoms with van der Waals surface area (Å²) in [6.45, 7) is 0. The van der Waals surface area contributed by atoms with E-state index in [0.29, 0.717) is 5.52 Å². The van der Waals surface area contributed by atoms with Gasteiger partial charge in [0.15, 0.2) is 0 Å². The highest BCUT2D eigenvalue weighted by Crippen LogP contribution is 2.18. The Morgan fingerprint density at radius 3 is 2.90 bits per heavy atom. The molecule has 4 rings (SSSR count). The van der Waals surface area contributed by atoms with Gasteiger partial charge in [-0.05, 0) is 30.3 Å². The minimum absolute atomic E-state index is 0.224. The smallest absolute Gasteiger partial charge is 0.266 e. The van der Waals surface area contributed by atoms with Crippen molar-refractivity contribution in [1.82, 2.24) is 25.0 Å². The highest BCUT2D eigenvalue weighted by Gasteiger charge is 2.06. The maximum atomic E-state index is 11.3. The first-order valence-electron chi connectivity index (χ1n) is 6.11. The molecule has 0 saturated carbocycles. The third-order valence-electron chi connectivity index (χ3n) is 3.16. The van der Waals surface area contributed by atoms with Crippen LogP contribution >= 0.6 is 0 Å². The van der Waals surface area contributed by atoms with Crippen LogP contribution in [0.3, 0.4) is 0 Å². The summed E-state index contributed by atoms with van der Waals surface area (Å²) in [6, 6.07) is 13.3. The summed E-state index contributed by atoms with van der Waals surface area (Å²) in [5, 5.41) is 8.27. The van der Waals surface area contributed by atoms with Gasteiger partial charge < -0.3 is 4.98 Å². The monoisotopic (exact) mass is 263 g/mol. The van der Waals surface area contributed by atoms with Crippen LogP contribution in [0, 0.1) is 0 Å². The molecule has 0 atom stereocenters. The Hall–Kier alpha value is -3.02. The van der Waals surface area contributed by atoms with E-state index in [2.05, 4.69) is 20.3 Å². The van der Waals surface area contributed by atoms with Crippen molar-refractivity contribution >= 4 is 22.1 Å². The Labute approximate surface area is 112 Å². The highest BCUT2D eigenvalue weighted by atomic mass is 16.1. The number of fused-ring (bicyclic) bond motifs is 2. The van der Waals surface area contributed by atoms with Gasteiger partial charge >= 0.3 is 0 Å². The van der Waals surface area contributed by atoms with E-state index in [1.807, 2.05) is 42.5 Å². The lowest BCUT2D eigenvalue weighted by Gasteiger charge is -2.03. The molecule has 0 bridgehead atoms. The van der Waals surface area contributed by atoms with Crippen molar-refractivity contribution in [3.63, 3.8) is 0 Å². The van der Waals surface area contributed by atoms with Gasteiger partial charge in [0.25, 0.3) is 5.56 Å². The fourth-order valence-corrected chi connectivity index (χ4v) is 2.22. The fourth-order valence-electron chi connectivity index (χ4n) is 2.22. The predicted octanol–water partition coefficient (Wildman–Crippen LogP) is 1.66. The molecule has 0 aliphatic heterocycles. The third kappa shape index (κ3) is 1.58. The second-order valence-electron chi connectivity index (χ2n) is 4.44. The number of benzene rings is 2. The summed E-state index contributed by atoms with van der Waals surface area (Å²) in [6.07, 6.45) is 1.27. The van der Waals surface area contributed by atoms with E-state index < -0.39 is 0 Å². The molecule has 2 aromatic carbocycles. The minimum atomic E-state index is -0.224. The van der Waals surface area contributed by atoms with Gasteiger partial charge in [-0.25, -0.2) is 9.67 Å². The molecule has 0 aliphatic carbocycles. The molecular weight excluding hydrogens is 254 g/mol. The minimum Gasteiger partial charge on any atom is -0.319 e. The Bertz CT molecular complexity index is 985. The summed E-state index contributed by atoms with van der Waals surface area (Å²) >= 11 is 0. The molecule has 0 saturated heterocycles. The van der Waals surface area contributed by atoms with Crippen LogP contribution in [-0.4, -0.2) is 25.0 Å². The summed E-state index contributed by atoms with van der Waals surface area (Å²) < 4.78 is 1.74. The van der Waals surface area contributed by atoms with Crippen molar-refractivity contribution in [2.45, 2.75) is 0 Å². The molecule has 20 heavy (non-hydrogen) atoms. The van der Waals surface area contributed by atoms with Gasteiger partial charge in [-0.15, -0.1) is 5.10 Å². The lowest BCUT2D eigenvalue weighted by molar-refractivity contribution is 0.824. The average molecular weight is 263 g/mol. The van der Waals surface area contributed by atoms with Crippen molar-refractivity contribution in [2.75, 3.05) is 0 Å². The first kappa shape index (κ1) is 10.9. The molecule has 6 nitrogen and oxygen atoms in total. The largest absolute Gasteiger partial charge is 0.319 e. The SMILES string of the molecule is O=c1cnc2ccc(-n3nnc4ccccc43)cc2[nH]1. The van der Waals surface area contributed by atoms with Crippen LogP contribution < -0.4 is 5.56 Å². The molecular formula is C14H9N5O. The van der Waals surface area contributed by atoms with E-state index in [1.54, 1.807) is 4.68 Å². The first-order valence-corrected chi connectivity index (χ1v) is 6.11. The van der Waals surface area contributed by atoms with E-state index in [4.69, 9.17) is 0 Å². The van der Waals surface area contributed by atoms with Crippen LogP contribution in [0.15, 0.2) is 53.5 Å². The van der Waals surface area contributed by atoms with Gasteiger partial charge in [0.1, 0.15) is 5.52 Å². The molecule has 0 fully saturated rings. The number of hydrogen-bond acceptors (Lipinski definition) is 4. The van der Waals surface area contributed by atoms with E-state index in [-0.39, 0.29) is 5.56 Å². The van der Waals surface area contributed by atoms with Crippen molar-refractivity contribution in [3.05, 3.63) is 59.0 Å². The first-order chi connectivity index (χ1) is 9.81.